The van der Waals surface area contributed by atoms with Gasteiger partial charge < -0.3 is 14.9 Å². The molecule has 2 amide bonds. The lowest BCUT2D eigenvalue weighted by atomic mass is 9.93. The zero-order valence-electron chi connectivity index (χ0n) is 12.1. The predicted molar refractivity (Wildman–Crippen MR) is 71.9 cm³/mol. The highest BCUT2D eigenvalue weighted by molar-refractivity contribution is 5.86. The summed E-state index contributed by atoms with van der Waals surface area (Å²) in [6.45, 7) is 7.22. The molecule has 2 aliphatic rings. The second kappa shape index (κ2) is 5.02. The van der Waals surface area contributed by atoms with Crippen molar-refractivity contribution in [3.05, 3.63) is 0 Å². The number of carboxylic acid groups (broad SMARTS) is 1. The predicted octanol–water partition coefficient (Wildman–Crippen LogP) is 2.17. The molecule has 0 aromatic heterocycles. The van der Waals surface area contributed by atoms with Crippen molar-refractivity contribution in [2.75, 3.05) is 13.1 Å². The Balaban J connectivity index is 2.13. The molecule has 0 aromatic carbocycles. The average molecular weight is 268 g/mol. The van der Waals surface area contributed by atoms with E-state index in [-0.39, 0.29) is 12.1 Å². The van der Waals surface area contributed by atoms with Crippen molar-refractivity contribution in [2.45, 2.75) is 58.0 Å². The van der Waals surface area contributed by atoms with Crippen LogP contribution in [0.25, 0.3) is 0 Å². The third-order valence-electron chi connectivity index (χ3n) is 4.72. The van der Waals surface area contributed by atoms with Crippen molar-refractivity contribution in [2.24, 2.45) is 5.92 Å². The molecular weight excluding hydrogens is 244 g/mol. The number of hydrogen-bond acceptors (Lipinski definition) is 2. The molecule has 5 nitrogen and oxygen atoms in total. The van der Waals surface area contributed by atoms with E-state index in [1.165, 1.54) is 0 Å². The summed E-state index contributed by atoms with van der Waals surface area (Å²) in [6, 6.07) is 0.108. The fourth-order valence-electron chi connectivity index (χ4n) is 3.34. The van der Waals surface area contributed by atoms with Crippen LogP contribution in [0, 0.1) is 5.92 Å². The van der Waals surface area contributed by atoms with Gasteiger partial charge in [0.25, 0.3) is 0 Å². The molecule has 0 aliphatic carbocycles. The van der Waals surface area contributed by atoms with Gasteiger partial charge >= 0.3 is 12.0 Å². The Morgan fingerprint density at radius 3 is 2.53 bits per heavy atom. The van der Waals surface area contributed by atoms with E-state index in [1.54, 1.807) is 11.8 Å². The smallest absolute Gasteiger partial charge is 0.329 e. The van der Waals surface area contributed by atoms with Gasteiger partial charge in [-0.1, -0.05) is 6.92 Å². The number of urea groups is 1. The molecule has 0 bridgehead atoms. The second-order valence-corrected chi connectivity index (χ2v) is 6.29. The summed E-state index contributed by atoms with van der Waals surface area (Å²) < 4.78 is 0. The van der Waals surface area contributed by atoms with Crippen LogP contribution >= 0.6 is 0 Å². The zero-order chi connectivity index (χ0) is 14.2. The molecule has 5 heteroatoms. The van der Waals surface area contributed by atoms with Gasteiger partial charge in [0.05, 0.1) is 0 Å². The number of carbonyl (C=O) groups excluding carboxylic acids is 1. The molecule has 108 valence electrons. The number of amides is 2. The quantitative estimate of drug-likeness (QED) is 0.792. The number of piperidine rings is 1. The van der Waals surface area contributed by atoms with Crippen LogP contribution in [0.5, 0.6) is 0 Å². The fourth-order valence-corrected chi connectivity index (χ4v) is 3.34. The number of likely N-dealkylation sites (tertiary alicyclic amines) is 2. The molecule has 2 fully saturated rings. The van der Waals surface area contributed by atoms with Crippen molar-refractivity contribution in [3.8, 4) is 0 Å². The second-order valence-electron chi connectivity index (χ2n) is 6.29. The molecule has 1 N–H and O–H groups in total. The van der Waals surface area contributed by atoms with E-state index < -0.39 is 11.5 Å². The van der Waals surface area contributed by atoms with Gasteiger partial charge in [-0.25, -0.2) is 9.59 Å². The minimum atomic E-state index is -1.03. The Morgan fingerprint density at radius 2 is 1.95 bits per heavy atom. The third-order valence-corrected chi connectivity index (χ3v) is 4.72. The Kier molecular flexibility index (Phi) is 3.74. The zero-order valence-corrected chi connectivity index (χ0v) is 12.1. The van der Waals surface area contributed by atoms with Gasteiger partial charge in [0, 0.05) is 19.1 Å². The van der Waals surface area contributed by atoms with Gasteiger partial charge in [0.2, 0.25) is 0 Å². The van der Waals surface area contributed by atoms with E-state index in [4.69, 9.17) is 0 Å². The molecule has 0 radical (unpaired) electrons. The summed E-state index contributed by atoms with van der Waals surface area (Å²) in [5.74, 6) is -0.250. The van der Waals surface area contributed by atoms with Crippen LogP contribution < -0.4 is 0 Å². The summed E-state index contributed by atoms with van der Waals surface area (Å²) in [4.78, 5) is 27.5. The highest BCUT2D eigenvalue weighted by Crippen LogP contribution is 2.32. The molecule has 0 aromatic rings. The SMILES string of the molecule is CC1CCN(C(=O)N2CCCC2(C)C(=O)O)C(C)C1. The van der Waals surface area contributed by atoms with E-state index in [2.05, 4.69) is 13.8 Å². The normalized spacial score (nSPS) is 35.5. The Bertz CT molecular complexity index is 385. The standard InChI is InChI=1S/C14H24N2O3/c1-10-5-8-15(11(2)9-10)13(19)16-7-4-6-14(16,3)12(17)18/h10-11H,4-9H2,1-3H3,(H,17,18). The number of nitrogens with zero attached hydrogens (tertiary/aromatic N) is 2. The van der Waals surface area contributed by atoms with E-state index >= 15 is 0 Å². The van der Waals surface area contributed by atoms with Gasteiger partial charge in [0.15, 0.2) is 0 Å². The lowest BCUT2D eigenvalue weighted by Gasteiger charge is -2.41. The van der Waals surface area contributed by atoms with Gasteiger partial charge in [-0.2, -0.15) is 0 Å². The average Bonchev–Trinajstić information content (AvgIpc) is 2.72. The van der Waals surface area contributed by atoms with E-state index in [0.717, 1.165) is 25.8 Å². The largest absolute Gasteiger partial charge is 0.480 e. The summed E-state index contributed by atoms with van der Waals surface area (Å²) in [5, 5.41) is 9.39. The van der Waals surface area contributed by atoms with Gasteiger partial charge in [-0.05, 0) is 45.4 Å². The monoisotopic (exact) mass is 268 g/mol. The molecule has 2 rings (SSSR count). The molecule has 2 aliphatic heterocycles. The first-order chi connectivity index (χ1) is 8.86. The van der Waals surface area contributed by atoms with Gasteiger partial charge in [-0.15, -0.1) is 0 Å². The minimum absolute atomic E-state index is 0.0956. The molecule has 19 heavy (non-hydrogen) atoms. The van der Waals surface area contributed by atoms with Crippen LogP contribution in [0.15, 0.2) is 0 Å². The van der Waals surface area contributed by atoms with Crippen LogP contribution in [0.4, 0.5) is 4.79 Å². The maximum atomic E-state index is 12.6. The number of rotatable bonds is 1. The van der Waals surface area contributed by atoms with Crippen molar-refractivity contribution >= 4 is 12.0 Å². The van der Waals surface area contributed by atoms with Crippen molar-refractivity contribution in [1.82, 2.24) is 9.80 Å². The lowest BCUT2D eigenvalue weighted by Crippen LogP contribution is -2.58. The topological polar surface area (TPSA) is 60.9 Å². The molecular formula is C14H24N2O3. The maximum Gasteiger partial charge on any atom is 0.329 e. The van der Waals surface area contributed by atoms with Gasteiger partial charge in [0.1, 0.15) is 5.54 Å². The van der Waals surface area contributed by atoms with Crippen molar-refractivity contribution in [1.29, 1.82) is 0 Å². The molecule has 0 spiro atoms. The maximum absolute atomic E-state index is 12.6. The van der Waals surface area contributed by atoms with Crippen molar-refractivity contribution in [3.63, 3.8) is 0 Å². The summed E-state index contributed by atoms with van der Waals surface area (Å²) in [6.07, 6.45) is 3.33. The van der Waals surface area contributed by atoms with E-state index in [0.29, 0.717) is 18.9 Å². The summed E-state index contributed by atoms with van der Waals surface area (Å²) >= 11 is 0. The molecule has 2 saturated heterocycles. The lowest BCUT2D eigenvalue weighted by molar-refractivity contribution is -0.147. The minimum Gasteiger partial charge on any atom is -0.480 e. The summed E-state index contributed by atoms with van der Waals surface area (Å²) in [5.41, 5.74) is -1.03. The fraction of sp³-hybridized carbons (Fsp3) is 0.857. The van der Waals surface area contributed by atoms with Crippen LogP contribution in [0.3, 0.4) is 0 Å². The first-order valence-electron chi connectivity index (χ1n) is 7.18. The highest BCUT2D eigenvalue weighted by atomic mass is 16.4. The third kappa shape index (κ3) is 2.42. The molecule has 0 saturated carbocycles. The Labute approximate surface area is 114 Å². The highest BCUT2D eigenvalue weighted by Gasteiger charge is 2.47. The van der Waals surface area contributed by atoms with Crippen LogP contribution in [0.2, 0.25) is 0 Å². The Morgan fingerprint density at radius 1 is 1.26 bits per heavy atom. The molecule has 3 unspecified atom stereocenters. The number of aliphatic carboxylic acids is 1. The van der Waals surface area contributed by atoms with Gasteiger partial charge in [-0.3, -0.25) is 0 Å². The molecule has 3 atom stereocenters. The van der Waals surface area contributed by atoms with E-state index in [1.807, 2.05) is 4.90 Å². The first-order valence-corrected chi connectivity index (χ1v) is 7.18. The van der Waals surface area contributed by atoms with Crippen LogP contribution in [-0.2, 0) is 4.79 Å². The van der Waals surface area contributed by atoms with Crippen LogP contribution in [0.1, 0.15) is 46.5 Å². The summed E-state index contributed by atoms with van der Waals surface area (Å²) in [7, 11) is 0. The van der Waals surface area contributed by atoms with Crippen molar-refractivity contribution < 1.29 is 14.7 Å². The number of hydrogen-bond donors (Lipinski definition) is 1. The number of carboxylic acids is 1. The number of carbonyl (C=O) groups is 2. The molecule has 2 heterocycles. The van der Waals surface area contributed by atoms with E-state index in [9.17, 15) is 14.7 Å². The van der Waals surface area contributed by atoms with Crippen LogP contribution in [-0.4, -0.2) is 51.6 Å². The Hall–Kier alpha value is -1.26. The first kappa shape index (κ1) is 14.2.